The lowest BCUT2D eigenvalue weighted by Crippen LogP contribution is -1.99. The standard InChI is InChI=1S/C21H24N2/c1-16-7-4-5-10-19(16)13-23-14-20(22-15-23)11-12-21-17(2)8-6-9-18(21)3/h4-10,14-15H,11-13H2,1-3H3. The second kappa shape index (κ2) is 6.82. The van der Waals surface area contributed by atoms with Gasteiger partial charge in [0.05, 0.1) is 12.0 Å². The summed E-state index contributed by atoms with van der Waals surface area (Å²) < 4.78 is 2.18. The van der Waals surface area contributed by atoms with Crippen LogP contribution in [-0.2, 0) is 19.4 Å². The maximum atomic E-state index is 4.58. The van der Waals surface area contributed by atoms with Crippen molar-refractivity contribution in [2.24, 2.45) is 0 Å². The highest BCUT2D eigenvalue weighted by Crippen LogP contribution is 2.16. The van der Waals surface area contributed by atoms with Gasteiger partial charge in [-0.25, -0.2) is 4.98 Å². The molecular weight excluding hydrogens is 280 g/mol. The van der Waals surface area contributed by atoms with Crippen molar-refractivity contribution < 1.29 is 0 Å². The number of nitrogens with zero attached hydrogens (tertiary/aromatic N) is 2. The Kier molecular flexibility index (Phi) is 4.61. The minimum atomic E-state index is 0.892. The van der Waals surface area contributed by atoms with Crippen LogP contribution in [0.1, 0.15) is 33.5 Å². The predicted molar refractivity (Wildman–Crippen MR) is 95.8 cm³/mol. The van der Waals surface area contributed by atoms with E-state index in [9.17, 15) is 0 Å². The molecule has 0 aliphatic rings. The number of aryl methyl sites for hydroxylation is 4. The molecule has 0 radical (unpaired) electrons. The van der Waals surface area contributed by atoms with Crippen LogP contribution in [-0.4, -0.2) is 9.55 Å². The van der Waals surface area contributed by atoms with E-state index >= 15 is 0 Å². The normalized spacial score (nSPS) is 10.9. The summed E-state index contributed by atoms with van der Waals surface area (Å²) in [6.07, 6.45) is 6.18. The Bertz CT molecular complexity index is 779. The number of benzene rings is 2. The van der Waals surface area contributed by atoms with E-state index in [1.54, 1.807) is 0 Å². The maximum absolute atomic E-state index is 4.58. The van der Waals surface area contributed by atoms with Gasteiger partial charge in [0.1, 0.15) is 0 Å². The molecule has 0 amide bonds. The van der Waals surface area contributed by atoms with E-state index in [-0.39, 0.29) is 0 Å². The molecule has 3 rings (SSSR count). The van der Waals surface area contributed by atoms with Crippen LogP contribution in [0.4, 0.5) is 0 Å². The first kappa shape index (κ1) is 15.5. The zero-order valence-corrected chi connectivity index (χ0v) is 14.2. The first-order chi connectivity index (χ1) is 11.1. The molecule has 0 N–H and O–H groups in total. The van der Waals surface area contributed by atoms with Gasteiger partial charge in [-0.15, -0.1) is 0 Å². The average molecular weight is 304 g/mol. The fourth-order valence-electron chi connectivity index (χ4n) is 3.10. The number of rotatable bonds is 5. The number of hydrogen-bond donors (Lipinski definition) is 0. The SMILES string of the molecule is Cc1ccccc1Cn1cnc(CCc2c(C)cccc2C)c1. The van der Waals surface area contributed by atoms with Crippen molar-refractivity contribution in [3.8, 4) is 0 Å². The third-order valence-electron chi connectivity index (χ3n) is 4.58. The molecule has 0 aliphatic carbocycles. The van der Waals surface area contributed by atoms with E-state index in [0.717, 1.165) is 19.4 Å². The van der Waals surface area contributed by atoms with Crippen LogP contribution >= 0.6 is 0 Å². The summed E-state index contributed by atoms with van der Waals surface area (Å²) in [5, 5.41) is 0. The fraction of sp³-hybridized carbons (Fsp3) is 0.286. The third kappa shape index (κ3) is 3.70. The predicted octanol–water partition coefficient (Wildman–Crippen LogP) is 4.64. The minimum absolute atomic E-state index is 0.892. The molecular formula is C21H24N2. The zero-order valence-electron chi connectivity index (χ0n) is 14.2. The van der Waals surface area contributed by atoms with E-state index in [2.05, 4.69) is 79.0 Å². The van der Waals surface area contributed by atoms with Crippen molar-refractivity contribution >= 4 is 0 Å². The molecule has 0 saturated carbocycles. The Labute approximate surface area is 138 Å². The molecule has 3 aromatic rings. The lowest BCUT2D eigenvalue weighted by atomic mass is 9.98. The molecule has 2 aromatic carbocycles. The number of aromatic nitrogens is 2. The van der Waals surface area contributed by atoms with Gasteiger partial charge in [0.2, 0.25) is 0 Å². The highest BCUT2D eigenvalue weighted by molar-refractivity contribution is 5.34. The van der Waals surface area contributed by atoms with Crippen LogP contribution in [0.2, 0.25) is 0 Å². The monoisotopic (exact) mass is 304 g/mol. The Morgan fingerprint density at radius 2 is 1.52 bits per heavy atom. The van der Waals surface area contributed by atoms with Crippen molar-refractivity contribution in [3.63, 3.8) is 0 Å². The topological polar surface area (TPSA) is 17.8 Å². The van der Waals surface area contributed by atoms with Crippen LogP contribution in [0, 0.1) is 20.8 Å². The lowest BCUT2D eigenvalue weighted by Gasteiger charge is -2.08. The van der Waals surface area contributed by atoms with Crippen LogP contribution < -0.4 is 0 Å². The Balaban J connectivity index is 1.67. The molecule has 1 heterocycles. The maximum Gasteiger partial charge on any atom is 0.0952 e. The molecule has 2 nitrogen and oxygen atoms in total. The summed E-state index contributed by atoms with van der Waals surface area (Å²) in [5.74, 6) is 0. The summed E-state index contributed by atoms with van der Waals surface area (Å²) >= 11 is 0. The van der Waals surface area contributed by atoms with Crippen LogP contribution in [0.15, 0.2) is 55.0 Å². The first-order valence-electron chi connectivity index (χ1n) is 8.24. The van der Waals surface area contributed by atoms with Gasteiger partial charge in [-0.05, 0) is 61.4 Å². The van der Waals surface area contributed by atoms with Gasteiger partial charge in [-0.1, -0.05) is 42.5 Å². The summed E-state index contributed by atoms with van der Waals surface area (Å²) in [5.41, 5.74) is 8.07. The summed E-state index contributed by atoms with van der Waals surface area (Å²) in [6.45, 7) is 7.44. The molecule has 0 bridgehead atoms. The molecule has 23 heavy (non-hydrogen) atoms. The van der Waals surface area contributed by atoms with Gasteiger partial charge < -0.3 is 4.57 Å². The molecule has 0 saturated heterocycles. The molecule has 0 atom stereocenters. The average Bonchev–Trinajstić information content (AvgIpc) is 2.97. The highest BCUT2D eigenvalue weighted by Gasteiger charge is 2.05. The molecule has 0 unspecified atom stereocenters. The molecule has 0 aliphatic heterocycles. The van der Waals surface area contributed by atoms with Crippen molar-refractivity contribution in [2.45, 2.75) is 40.2 Å². The van der Waals surface area contributed by atoms with Crippen LogP contribution in [0.25, 0.3) is 0 Å². The summed E-state index contributed by atoms with van der Waals surface area (Å²) in [6, 6.07) is 15.0. The number of imidazole rings is 1. The van der Waals surface area contributed by atoms with Gasteiger partial charge in [0.15, 0.2) is 0 Å². The van der Waals surface area contributed by atoms with Crippen molar-refractivity contribution in [1.82, 2.24) is 9.55 Å². The first-order valence-corrected chi connectivity index (χ1v) is 8.24. The number of hydrogen-bond acceptors (Lipinski definition) is 1. The molecule has 0 fully saturated rings. The van der Waals surface area contributed by atoms with Gasteiger partial charge in [-0.3, -0.25) is 0 Å². The highest BCUT2D eigenvalue weighted by atomic mass is 15.0. The quantitative estimate of drug-likeness (QED) is 0.671. The van der Waals surface area contributed by atoms with Crippen molar-refractivity contribution in [3.05, 3.63) is 88.5 Å². The van der Waals surface area contributed by atoms with E-state index in [1.165, 1.54) is 33.5 Å². The third-order valence-corrected chi connectivity index (χ3v) is 4.58. The Hall–Kier alpha value is -2.35. The summed E-state index contributed by atoms with van der Waals surface area (Å²) in [4.78, 5) is 4.58. The van der Waals surface area contributed by atoms with Gasteiger partial charge in [0, 0.05) is 12.7 Å². The van der Waals surface area contributed by atoms with Crippen molar-refractivity contribution in [1.29, 1.82) is 0 Å². The van der Waals surface area contributed by atoms with Gasteiger partial charge >= 0.3 is 0 Å². The van der Waals surface area contributed by atoms with Gasteiger partial charge in [0.25, 0.3) is 0 Å². The molecule has 1 aromatic heterocycles. The smallest absolute Gasteiger partial charge is 0.0952 e. The molecule has 0 spiro atoms. The second-order valence-electron chi connectivity index (χ2n) is 6.33. The van der Waals surface area contributed by atoms with E-state index in [4.69, 9.17) is 0 Å². The zero-order chi connectivity index (χ0) is 16.2. The minimum Gasteiger partial charge on any atom is -0.333 e. The molecule has 118 valence electrons. The van der Waals surface area contributed by atoms with Gasteiger partial charge in [-0.2, -0.15) is 0 Å². The fourth-order valence-corrected chi connectivity index (χ4v) is 3.10. The van der Waals surface area contributed by atoms with E-state index in [0.29, 0.717) is 0 Å². The van der Waals surface area contributed by atoms with Crippen LogP contribution in [0.5, 0.6) is 0 Å². The Morgan fingerprint density at radius 1 is 0.826 bits per heavy atom. The summed E-state index contributed by atoms with van der Waals surface area (Å²) in [7, 11) is 0. The lowest BCUT2D eigenvalue weighted by molar-refractivity contribution is 0.790. The van der Waals surface area contributed by atoms with Crippen molar-refractivity contribution in [2.75, 3.05) is 0 Å². The molecule has 2 heteroatoms. The van der Waals surface area contributed by atoms with E-state index in [1.807, 2.05) is 6.33 Å². The van der Waals surface area contributed by atoms with Crippen LogP contribution in [0.3, 0.4) is 0 Å². The largest absolute Gasteiger partial charge is 0.333 e. The second-order valence-corrected chi connectivity index (χ2v) is 6.33. The Morgan fingerprint density at radius 3 is 2.26 bits per heavy atom. The van der Waals surface area contributed by atoms with E-state index < -0.39 is 0 Å².